The molecule has 1 saturated heterocycles. The number of anilines is 1. The van der Waals surface area contributed by atoms with Crippen LogP contribution in [0.2, 0.25) is 0 Å². The Morgan fingerprint density at radius 1 is 1.21 bits per heavy atom. The van der Waals surface area contributed by atoms with Gasteiger partial charge in [-0.25, -0.2) is 4.98 Å². The van der Waals surface area contributed by atoms with Gasteiger partial charge in [0, 0.05) is 17.0 Å². The summed E-state index contributed by atoms with van der Waals surface area (Å²) in [5, 5.41) is 6.12. The molecule has 0 saturated carbocycles. The monoisotopic (exact) mass is 413 g/mol. The number of carbonyl (C=O) groups excluding carboxylic acids is 1. The summed E-state index contributed by atoms with van der Waals surface area (Å²) < 4.78 is 0. The second-order valence-electron chi connectivity index (χ2n) is 9.14. The van der Waals surface area contributed by atoms with Crippen LogP contribution in [0.3, 0.4) is 0 Å². The number of benzene rings is 1. The number of unbranched alkanes of at least 4 members (excludes halogenated alkanes) is 2. The van der Waals surface area contributed by atoms with Crippen LogP contribution in [0.4, 0.5) is 5.69 Å². The van der Waals surface area contributed by atoms with E-state index in [1.807, 2.05) is 23.6 Å². The van der Waals surface area contributed by atoms with Crippen LogP contribution >= 0.6 is 11.3 Å². The van der Waals surface area contributed by atoms with E-state index in [4.69, 9.17) is 4.98 Å². The molecule has 1 aliphatic heterocycles. The highest BCUT2D eigenvalue weighted by atomic mass is 32.1. The summed E-state index contributed by atoms with van der Waals surface area (Å²) in [7, 11) is 0. The Bertz CT molecular complexity index is 800. The number of likely N-dealkylation sites (tertiary alicyclic amines) is 1. The van der Waals surface area contributed by atoms with Crippen LogP contribution in [0, 0.1) is 0 Å². The molecule has 0 spiro atoms. The Kier molecular flexibility index (Phi) is 7.47. The summed E-state index contributed by atoms with van der Waals surface area (Å²) in [5.41, 5.74) is 2.53. The van der Waals surface area contributed by atoms with Crippen LogP contribution in [-0.2, 0) is 5.41 Å². The number of nitrogens with one attached hydrogen (secondary N) is 1. The minimum absolute atomic E-state index is 0.0256. The maximum absolute atomic E-state index is 12.8. The van der Waals surface area contributed by atoms with E-state index in [-0.39, 0.29) is 11.3 Å². The SMILES string of the molecule is CCCCCN1CCC(c2nc(C(=O)Nc3ccccc3C(C)(C)C)cs2)CC1. The van der Waals surface area contributed by atoms with E-state index >= 15 is 0 Å². The second-order valence-corrected chi connectivity index (χ2v) is 10.0. The molecule has 0 bridgehead atoms. The lowest BCUT2D eigenvalue weighted by Crippen LogP contribution is -2.33. The van der Waals surface area contributed by atoms with Gasteiger partial charge in [0.25, 0.3) is 5.91 Å². The summed E-state index contributed by atoms with van der Waals surface area (Å²) in [6.45, 7) is 12.3. The van der Waals surface area contributed by atoms with Crippen LogP contribution in [-0.4, -0.2) is 35.4 Å². The van der Waals surface area contributed by atoms with Crippen molar-refractivity contribution in [1.29, 1.82) is 0 Å². The van der Waals surface area contributed by atoms with Gasteiger partial charge in [0.2, 0.25) is 0 Å². The van der Waals surface area contributed by atoms with Crippen molar-refractivity contribution < 1.29 is 4.79 Å². The predicted molar refractivity (Wildman–Crippen MR) is 123 cm³/mol. The lowest BCUT2D eigenvalue weighted by molar-refractivity contribution is 0.102. The molecule has 1 amide bonds. The van der Waals surface area contributed by atoms with Crippen molar-refractivity contribution in [3.05, 3.63) is 45.9 Å². The lowest BCUT2D eigenvalue weighted by atomic mass is 9.86. The molecule has 1 N–H and O–H groups in total. The van der Waals surface area contributed by atoms with Gasteiger partial charge >= 0.3 is 0 Å². The van der Waals surface area contributed by atoms with Crippen molar-refractivity contribution in [2.75, 3.05) is 25.0 Å². The number of rotatable bonds is 7. The number of amides is 1. The Hall–Kier alpha value is -1.72. The third-order valence-electron chi connectivity index (χ3n) is 5.75. The fourth-order valence-electron chi connectivity index (χ4n) is 4.00. The quantitative estimate of drug-likeness (QED) is 0.561. The van der Waals surface area contributed by atoms with E-state index in [0.29, 0.717) is 11.6 Å². The number of aromatic nitrogens is 1. The first-order chi connectivity index (χ1) is 13.9. The van der Waals surface area contributed by atoms with Gasteiger partial charge in [-0.2, -0.15) is 0 Å². The van der Waals surface area contributed by atoms with Crippen LogP contribution in [0.1, 0.15) is 86.8 Å². The molecule has 3 rings (SSSR count). The molecule has 1 aromatic carbocycles. The highest BCUT2D eigenvalue weighted by Crippen LogP contribution is 2.32. The van der Waals surface area contributed by atoms with E-state index in [1.165, 1.54) is 25.8 Å². The third-order valence-corrected chi connectivity index (χ3v) is 6.76. The highest BCUT2D eigenvalue weighted by Gasteiger charge is 2.24. The van der Waals surface area contributed by atoms with E-state index in [1.54, 1.807) is 11.3 Å². The summed E-state index contributed by atoms with van der Waals surface area (Å²) in [4.78, 5) is 20.1. The third kappa shape index (κ3) is 5.89. The van der Waals surface area contributed by atoms with Gasteiger partial charge in [-0.3, -0.25) is 4.79 Å². The van der Waals surface area contributed by atoms with E-state index in [2.05, 4.69) is 44.0 Å². The van der Waals surface area contributed by atoms with Gasteiger partial charge in [-0.15, -0.1) is 11.3 Å². The Morgan fingerprint density at radius 2 is 1.93 bits per heavy atom. The van der Waals surface area contributed by atoms with Crippen LogP contribution in [0.25, 0.3) is 0 Å². The highest BCUT2D eigenvalue weighted by molar-refractivity contribution is 7.10. The van der Waals surface area contributed by atoms with Crippen molar-refractivity contribution in [2.45, 2.75) is 71.1 Å². The molecule has 1 fully saturated rings. The molecule has 158 valence electrons. The molecule has 4 nitrogen and oxygen atoms in total. The summed E-state index contributed by atoms with van der Waals surface area (Å²) in [5.74, 6) is 0.382. The van der Waals surface area contributed by atoms with E-state index in [0.717, 1.165) is 42.2 Å². The number of carbonyl (C=O) groups is 1. The van der Waals surface area contributed by atoms with Crippen molar-refractivity contribution in [2.24, 2.45) is 0 Å². The standard InChI is InChI=1S/C24H35N3OS/c1-5-6-9-14-27-15-12-18(13-16-27)23-26-21(17-29-23)22(28)25-20-11-8-7-10-19(20)24(2,3)4/h7-8,10-11,17-18H,5-6,9,12-16H2,1-4H3,(H,25,28). The molecule has 0 aliphatic carbocycles. The van der Waals surface area contributed by atoms with Crippen molar-refractivity contribution in [1.82, 2.24) is 9.88 Å². The molecule has 29 heavy (non-hydrogen) atoms. The topological polar surface area (TPSA) is 45.2 Å². The Morgan fingerprint density at radius 3 is 2.62 bits per heavy atom. The Balaban J connectivity index is 1.59. The van der Waals surface area contributed by atoms with Crippen molar-refractivity contribution >= 4 is 22.9 Å². The molecule has 1 aromatic heterocycles. The number of nitrogens with zero attached hydrogens (tertiary/aromatic N) is 2. The molecular formula is C24H35N3OS. The number of hydrogen-bond donors (Lipinski definition) is 1. The molecular weight excluding hydrogens is 378 g/mol. The minimum atomic E-state index is -0.110. The molecule has 5 heteroatoms. The number of thiazole rings is 1. The largest absolute Gasteiger partial charge is 0.320 e. The van der Waals surface area contributed by atoms with Gasteiger partial charge in [0.15, 0.2) is 0 Å². The molecule has 0 atom stereocenters. The average Bonchev–Trinajstić information content (AvgIpc) is 3.19. The molecule has 2 heterocycles. The molecule has 0 radical (unpaired) electrons. The zero-order valence-corrected chi connectivity index (χ0v) is 19.1. The smallest absolute Gasteiger partial charge is 0.275 e. The second kappa shape index (κ2) is 9.86. The predicted octanol–water partition coefficient (Wildman–Crippen LogP) is 6.06. The number of piperidine rings is 1. The van der Waals surface area contributed by atoms with Crippen molar-refractivity contribution in [3.63, 3.8) is 0 Å². The average molecular weight is 414 g/mol. The number of hydrogen-bond acceptors (Lipinski definition) is 4. The summed E-state index contributed by atoms with van der Waals surface area (Å²) in [6.07, 6.45) is 6.20. The van der Waals surface area contributed by atoms with Gasteiger partial charge < -0.3 is 10.2 Å². The fraction of sp³-hybridized carbons (Fsp3) is 0.583. The van der Waals surface area contributed by atoms with Gasteiger partial charge in [-0.1, -0.05) is 58.7 Å². The summed E-state index contributed by atoms with van der Waals surface area (Å²) >= 11 is 1.64. The summed E-state index contributed by atoms with van der Waals surface area (Å²) in [6, 6.07) is 8.04. The van der Waals surface area contributed by atoms with Crippen LogP contribution < -0.4 is 5.32 Å². The zero-order valence-electron chi connectivity index (χ0n) is 18.3. The van der Waals surface area contributed by atoms with Gasteiger partial charge in [0.1, 0.15) is 5.69 Å². The van der Waals surface area contributed by atoms with E-state index < -0.39 is 0 Å². The van der Waals surface area contributed by atoms with E-state index in [9.17, 15) is 4.79 Å². The normalized spacial score (nSPS) is 16.1. The maximum atomic E-state index is 12.8. The first-order valence-corrected chi connectivity index (χ1v) is 11.8. The zero-order chi connectivity index (χ0) is 20.9. The molecule has 1 aliphatic rings. The molecule has 2 aromatic rings. The fourth-order valence-corrected chi connectivity index (χ4v) is 4.97. The first kappa shape index (κ1) is 22.0. The maximum Gasteiger partial charge on any atom is 0.275 e. The molecule has 0 unspecified atom stereocenters. The Labute approximate surface area is 179 Å². The van der Waals surface area contributed by atoms with Crippen LogP contribution in [0.15, 0.2) is 29.6 Å². The van der Waals surface area contributed by atoms with Gasteiger partial charge in [-0.05, 0) is 55.9 Å². The lowest BCUT2D eigenvalue weighted by Gasteiger charge is -2.30. The first-order valence-electron chi connectivity index (χ1n) is 11.0. The van der Waals surface area contributed by atoms with Crippen LogP contribution in [0.5, 0.6) is 0 Å². The number of para-hydroxylation sites is 1. The minimum Gasteiger partial charge on any atom is -0.320 e. The van der Waals surface area contributed by atoms with Crippen molar-refractivity contribution in [3.8, 4) is 0 Å². The van der Waals surface area contributed by atoms with Gasteiger partial charge in [0.05, 0.1) is 5.01 Å².